The highest BCUT2D eigenvalue weighted by Gasteiger charge is 2.64. The first-order valence-electron chi connectivity index (χ1n) is 46.8. The SMILES string of the molecule is CCCCCCCCCCCCCCCC(=O)O[C@@H]1[C@@H](OC(=O)CCCCCCCCCCCCCCC)[C@@H](O[C@]2(CO)O[C@H](CO)[C@@H](OC(=O)CCCCCCCCCCCCCCC)[C@@H]2OC(=O)CCCCCCCCCCCCCCC)O[C@H](CO)[C@H]1OC(=O)CCCCCCCCCCCCCCC. The average Bonchev–Trinajstić information content (AvgIpc) is 1.54. The molecule has 0 spiro atoms. The van der Waals surface area contributed by atoms with Crippen LogP contribution in [0.25, 0.3) is 0 Å². The molecule has 636 valence electrons. The molecule has 0 aromatic rings. The number of hydrogen-bond donors (Lipinski definition) is 3. The van der Waals surface area contributed by atoms with E-state index < -0.39 is 104 Å². The van der Waals surface area contributed by atoms with Crippen molar-refractivity contribution >= 4 is 29.8 Å². The molecule has 9 atom stereocenters. The first kappa shape index (κ1) is 101. The zero-order valence-electron chi connectivity index (χ0n) is 70.9. The Morgan fingerprint density at radius 2 is 0.454 bits per heavy atom. The largest absolute Gasteiger partial charge is 0.455 e. The summed E-state index contributed by atoms with van der Waals surface area (Å²) in [5.74, 6) is -5.64. The lowest BCUT2D eigenvalue weighted by Gasteiger charge is -2.46. The van der Waals surface area contributed by atoms with E-state index in [0.29, 0.717) is 32.1 Å². The molecular weight excluding hydrogens is 1360 g/mol. The van der Waals surface area contributed by atoms with Crippen LogP contribution in [-0.4, -0.2) is 120 Å². The van der Waals surface area contributed by atoms with Crippen molar-refractivity contribution in [3.05, 3.63) is 0 Å². The van der Waals surface area contributed by atoms with Crippen LogP contribution in [0.1, 0.15) is 484 Å². The third-order valence-corrected chi connectivity index (χ3v) is 22.7. The second-order valence-corrected chi connectivity index (χ2v) is 32.8. The van der Waals surface area contributed by atoms with Gasteiger partial charge in [0, 0.05) is 32.1 Å². The van der Waals surface area contributed by atoms with Crippen molar-refractivity contribution in [1.29, 1.82) is 0 Å². The van der Waals surface area contributed by atoms with Crippen LogP contribution in [0, 0.1) is 0 Å². The Bertz CT molecular complexity index is 2060. The van der Waals surface area contributed by atoms with Gasteiger partial charge in [0.1, 0.15) is 18.8 Å². The fourth-order valence-corrected chi connectivity index (χ4v) is 15.7. The fraction of sp³-hybridized carbons (Fsp3) is 0.946. The summed E-state index contributed by atoms with van der Waals surface area (Å²) in [6.07, 6.45) is 60.4. The Hall–Kier alpha value is -2.89. The van der Waals surface area contributed by atoms with Crippen LogP contribution in [0.5, 0.6) is 0 Å². The molecular formula is C92H172O16. The van der Waals surface area contributed by atoms with Gasteiger partial charge < -0.3 is 53.2 Å². The summed E-state index contributed by atoms with van der Waals surface area (Å²) in [6.45, 7) is 8.65. The number of carbonyl (C=O) groups excluding carboxylic acids is 5. The predicted octanol–water partition coefficient (Wildman–Crippen LogP) is 24.8. The summed E-state index contributed by atoms with van der Waals surface area (Å²) in [6, 6.07) is 0. The van der Waals surface area contributed by atoms with Crippen molar-refractivity contribution in [1.82, 2.24) is 0 Å². The summed E-state index contributed by atoms with van der Waals surface area (Å²) < 4.78 is 51.5. The molecule has 16 heteroatoms. The number of hydrogen-bond acceptors (Lipinski definition) is 16. The Labute approximate surface area is 662 Å². The van der Waals surface area contributed by atoms with Gasteiger partial charge >= 0.3 is 29.8 Å². The van der Waals surface area contributed by atoms with Crippen LogP contribution in [-0.2, 0) is 61.9 Å². The van der Waals surface area contributed by atoms with Gasteiger partial charge in [-0.3, -0.25) is 24.0 Å². The Balaban J connectivity index is 2.53. The monoisotopic (exact) mass is 1530 g/mol. The molecule has 0 amide bonds. The maximum atomic E-state index is 14.5. The molecule has 0 saturated carbocycles. The maximum absolute atomic E-state index is 14.5. The quantitative estimate of drug-likeness (QED) is 0.0293. The van der Waals surface area contributed by atoms with Crippen molar-refractivity contribution in [3.8, 4) is 0 Å². The van der Waals surface area contributed by atoms with Gasteiger partial charge in [0.15, 0.2) is 30.5 Å². The fourth-order valence-electron chi connectivity index (χ4n) is 15.7. The van der Waals surface area contributed by atoms with E-state index in [0.717, 1.165) is 128 Å². The second kappa shape index (κ2) is 73.0. The smallest absolute Gasteiger partial charge is 0.306 e. The average molecular weight is 1530 g/mol. The van der Waals surface area contributed by atoms with Gasteiger partial charge in [0.25, 0.3) is 0 Å². The first-order valence-corrected chi connectivity index (χ1v) is 46.8. The zero-order valence-corrected chi connectivity index (χ0v) is 70.9. The number of esters is 5. The molecule has 2 rings (SSSR count). The Kier molecular flexibility index (Phi) is 68.4. The number of aliphatic hydroxyl groups is 3. The molecule has 2 aliphatic heterocycles. The lowest BCUT2D eigenvalue weighted by Crippen LogP contribution is -2.65. The van der Waals surface area contributed by atoms with Gasteiger partial charge in [0.2, 0.25) is 12.1 Å². The molecule has 108 heavy (non-hydrogen) atoms. The van der Waals surface area contributed by atoms with E-state index in [1.165, 1.54) is 257 Å². The van der Waals surface area contributed by atoms with Crippen molar-refractivity contribution in [2.45, 2.75) is 539 Å². The van der Waals surface area contributed by atoms with Crippen LogP contribution in [0.2, 0.25) is 0 Å². The lowest BCUT2D eigenvalue weighted by molar-refractivity contribution is -0.384. The van der Waals surface area contributed by atoms with Gasteiger partial charge in [-0.05, 0) is 32.1 Å². The van der Waals surface area contributed by atoms with Crippen molar-refractivity contribution in [2.24, 2.45) is 0 Å². The minimum atomic E-state index is -2.45. The van der Waals surface area contributed by atoms with Crippen molar-refractivity contribution in [3.63, 3.8) is 0 Å². The van der Waals surface area contributed by atoms with E-state index in [1.54, 1.807) is 0 Å². The second-order valence-electron chi connectivity index (χ2n) is 32.8. The van der Waals surface area contributed by atoms with E-state index >= 15 is 0 Å². The molecule has 0 unspecified atom stereocenters. The van der Waals surface area contributed by atoms with Gasteiger partial charge in [0.05, 0.1) is 13.2 Å². The van der Waals surface area contributed by atoms with Crippen LogP contribution in [0.15, 0.2) is 0 Å². The van der Waals surface area contributed by atoms with Crippen LogP contribution in [0.3, 0.4) is 0 Å². The standard InChI is InChI=1S/C92H172O16/c1-6-11-16-21-26-31-36-41-46-51-56-61-66-71-81(96)102-86-79(76-93)101-91(89(105-84(99)74-69-64-59-54-49-44-39-34-29-24-19-14-9-4)88(86)104-83(98)73-68-63-58-53-48-43-38-33-28-23-18-13-8-3)108-92(78-95)90(106-85(100)75-70-65-60-55-50-45-40-35-30-25-20-15-10-5)87(80(77-94)107-92)103-82(97)72-67-62-57-52-47-42-37-32-27-22-17-12-7-2/h79-80,86-91,93-95H,6-78H2,1-5H3/t79-,80-,86-,87-,88+,89-,90+,91-,92+/m1/s1. The summed E-state index contributed by atoms with van der Waals surface area (Å²) in [4.78, 5) is 71.5. The van der Waals surface area contributed by atoms with Gasteiger partial charge in [-0.1, -0.05) is 420 Å². The molecule has 0 bridgehead atoms. The highest BCUT2D eigenvalue weighted by atomic mass is 16.8. The van der Waals surface area contributed by atoms with E-state index in [4.69, 9.17) is 37.9 Å². The molecule has 0 aromatic heterocycles. The number of rotatable bonds is 80. The molecule has 3 N–H and O–H groups in total. The molecule has 2 aliphatic rings. The highest BCUT2D eigenvalue weighted by Crippen LogP contribution is 2.42. The van der Waals surface area contributed by atoms with Crippen LogP contribution >= 0.6 is 0 Å². The Morgan fingerprint density at radius 3 is 0.685 bits per heavy atom. The van der Waals surface area contributed by atoms with Gasteiger partial charge in [-0.2, -0.15) is 0 Å². The van der Waals surface area contributed by atoms with E-state index in [1.807, 2.05) is 0 Å². The third kappa shape index (κ3) is 52.5. The predicted molar refractivity (Wildman–Crippen MR) is 440 cm³/mol. The molecule has 2 saturated heterocycles. The number of unbranched alkanes of at least 4 members (excludes halogenated alkanes) is 60. The van der Waals surface area contributed by atoms with E-state index in [2.05, 4.69) is 34.6 Å². The van der Waals surface area contributed by atoms with Crippen molar-refractivity contribution < 1.29 is 77.2 Å². The summed E-state index contributed by atoms with van der Waals surface area (Å²) >= 11 is 0. The minimum Gasteiger partial charge on any atom is -0.455 e. The first-order chi connectivity index (χ1) is 53.0. The summed E-state index contributed by atoms with van der Waals surface area (Å²) in [5.41, 5.74) is 0. The molecule has 0 aliphatic carbocycles. The highest BCUT2D eigenvalue weighted by molar-refractivity contribution is 5.72. The number of ether oxygens (including phenoxy) is 8. The number of aliphatic hydroxyl groups excluding tert-OH is 3. The molecule has 0 aromatic carbocycles. The lowest BCUT2D eigenvalue weighted by atomic mass is 9.97. The maximum Gasteiger partial charge on any atom is 0.306 e. The summed E-state index contributed by atoms with van der Waals surface area (Å²) in [5, 5.41) is 34.3. The van der Waals surface area contributed by atoms with Crippen LogP contribution < -0.4 is 0 Å². The topological polar surface area (TPSA) is 220 Å². The van der Waals surface area contributed by atoms with Crippen LogP contribution in [0.4, 0.5) is 0 Å². The van der Waals surface area contributed by atoms with Gasteiger partial charge in [-0.15, -0.1) is 0 Å². The van der Waals surface area contributed by atoms with E-state index in [-0.39, 0.29) is 32.1 Å². The van der Waals surface area contributed by atoms with Crippen molar-refractivity contribution in [2.75, 3.05) is 19.8 Å². The normalized spacial score (nSPS) is 20.0. The number of carbonyl (C=O) groups is 5. The van der Waals surface area contributed by atoms with E-state index in [9.17, 15) is 39.3 Å². The molecule has 16 nitrogen and oxygen atoms in total. The molecule has 2 heterocycles. The summed E-state index contributed by atoms with van der Waals surface area (Å²) in [7, 11) is 0. The zero-order chi connectivity index (χ0) is 78.3. The van der Waals surface area contributed by atoms with Gasteiger partial charge in [-0.25, -0.2) is 0 Å². The molecule has 2 fully saturated rings. The minimum absolute atomic E-state index is 0.00519. The Morgan fingerprint density at radius 1 is 0.250 bits per heavy atom. The third-order valence-electron chi connectivity index (χ3n) is 22.7. The molecule has 0 radical (unpaired) electrons.